The zero-order valence-corrected chi connectivity index (χ0v) is 13.7. The van der Waals surface area contributed by atoms with Crippen molar-refractivity contribution in [3.8, 4) is 0 Å². The average molecular weight is 314 g/mol. The number of rotatable bonds is 5. The van der Waals surface area contributed by atoms with Crippen LogP contribution in [0.3, 0.4) is 0 Å². The van der Waals surface area contributed by atoms with Crippen molar-refractivity contribution in [1.82, 2.24) is 10.2 Å². The summed E-state index contributed by atoms with van der Waals surface area (Å²) in [4.78, 5) is 14.3. The molecule has 120 valence electrons. The fourth-order valence-corrected chi connectivity index (χ4v) is 4.69. The number of hydrogen-bond donors (Lipinski definition) is 1. The van der Waals surface area contributed by atoms with Gasteiger partial charge in [0.05, 0.1) is 17.5 Å². The molecular weight excluding hydrogens is 288 g/mol. The van der Waals surface area contributed by atoms with Crippen LogP contribution in [0.25, 0.3) is 0 Å². The van der Waals surface area contributed by atoms with Crippen molar-refractivity contribution in [2.24, 2.45) is 5.92 Å². The fraction of sp³-hybridized carbons (Fsp3) is 0.800. The summed E-state index contributed by atoms with van der Waals surface area (Å²) in [7, 11) is -0.979. The van der Waals surface area contributed by atoms with Gasteiger partial charge in [-0.3, -0.25) is 9.69 Å². The maximum absolute atomic E-state index is 12.2. The molecule has 0 aromatic rings. The van der Waals surface area contributed by atoms with Crippen LogP contribution in [0.4, 0.5) is 0 Å². The number of sulfone groups is 1. The van der Waals surface area contributed by atoms with Gasteiger partial charge >= 0.3 is 0 Å². The second-order valence-electron chi connectivity index (χ2n) is 6.37. The molecule has 1 fully saturated rings. The quantitative estimate of drug-likeness (QED) is 0.768. The minimum Gasteiger partial charge on any atom is -0.351 e. The lowest BCUT2D eigenvalue weighted by Crippen LogP contribution is -2.48. The Balaban J connectivity index is 1.79. The Hall–Kier alpha value is -0.880. The maximum atomic E-state index is 12.2. The van der Waals surface area contributed by atoms with Crippen LogP contribution in [0, 0.1) is 5.92 Å². The van der Waals surface area contributed by atoms with E-state index in [2.05, 4.69) is 22.4 Å². The first-order valence-corrected chi connectivity index (χ1v) is 9.55. The van der Waals surface area contributed by atoms with E-state index >= 15 is 0 Å². The smallest absolute Gasteiger partial charge is 0.237 e. The van der Waals surface area contributed by atoms with Gasteiger partial charge < -0.3 is 5.32 Å². The standard InChI is InChI=1S/C15H26N2O3S/c1-12(17(2)10-13-6-4-3-5-7-13)15(18)16-14-8-9-21(19,20)11-14/h3-4,12-14H,5-11H2,1-2H3,(H,16,18). The first-order chi connectivity index (χ1) is 9.87. The lowest BCUT2D eigenvalue weighted by atomic mass is 9.93. The van der Waals surface area contributed by atoms with Crippen molar-refractivity contribution in [3.63, 3.8) is 0 Å². The highest BCUT2D eigenvalue weighted by Crippen LogP contribution is 2.19. The molecule has 0 saturated carbocycles. The summed E-state index contributed by atoms with van der Waals surface area (Å²) in [5.74, 6) is 0.826. The highest BCUT2D eigenvalue weighted by molar-refractivity contribution is 7.91. The van der Waals surface area contributed by atoms with Crippen LogP contribution in [0.2, 0.25) is 0 Å². The molecule has 1 aliphatic heterocycles. The number of allylic oxidation sites excluding steroid dienone is 2. The number of nitrogens with one attached hydrogen (secondary N) is 1. The van der Waals surface area contributed by atoms with E-state index < -0.39 is 9.84 Å². The molecule has 21 heavy (non-hydrogen) atoms. The molecule has 6 heteroatoms. The van der Waals surface area contributed by atoms with E-state index in [1.165, 1.54) is 6.42 Å². The molecule has 1 N–H and O–H groups in total. The third-order valence-electron chi connectivity index (χ3n) is 4.54. The molecule has 0 radical (unpaired) electrons. The molecular formula is C15H26N2O3S. The number of carbonyl (C=O) groups is 1. The van der Waals surface area contributed by atoms with Crippen LogP contribution < -0.4 is 5.32 Å². The summed E-state index contributed by atoms with van der Waals surface area (Å²) in [6.07, 6.45) is 8.36. The van der Waals surface area contributed by atoms with Crippen molar-refractivity contribution in [3.05, 3.63) is 12.2 Å². The third-order valence-corrected chi connectivity index (χ3v) is 6.31. The molecule has 0 aromatic carbocycles. The summed E-state index contributed by atoms with van der Waals surface area (Å²) >= 11 is 0. The summed E-state index contributed by atoms with van der Waals surface area (Å²) < 4.78 is 22.8. The van der Waals surface area contributed by atoms with Gasteiger partial charge in [-0.15, -0.1) is 0 Å². The summed E-state index contributed by atoms with van der Waals surface area (Å²) in [6.45, 7) is 2.79. The van der Waals surface area contributed by atoms with Crippen LogP contribution in [-0.4, -0.2) is 56.4 Å². The number of amides is 1. The van der Waals surface area contributed by atoms with Gasteiger partial charge in [0.15, 0.2) is 9.84 Å². The van der Waals surface area contributed by atoms with E-state index in [0.717, 1.165) is 19.4 Å². The average Bonchev–Trinajstić information content (AvgIpc) is 2.78. The van der Waals surface area contributed by atoms with Crippen molar-refractivity contribution in [2.45, 2.75) is 44.7 Å². The van der Waals surface area contributed by atoms with E-state index in [1.54, 1.807) is 0 Å². The zero-order chi connectivity index (χ0) is 15.5. The summed E-state index contributed by atoms with van der Waals surface area (Å²) in [6, 6.07) is -0.435. The molecule has 2 aliphatic rings. The van der Waals surface area contributed by atoms with Crippen molar-refractivity contribution < 1.29 is 13.2 Å². The molecule has 2 rings (SSSR count). The lowest BCUT2D eigenvalue weighted by molar-refractivity contribution is -0.126. The topological polar surface area (TPSA) is 66.5 Å². The Morgan fingerprint density at radius 2 is 2.14 bits per heavy atom. The molecule has 0 spiro atoms. The predicted octanol–water partition coefficient (Wildman–Crippen LogP) is 0.966. The SMILES string of the molecule is CC(C(=O)NC1CCS(=O)(=O)C1)N(C)CC1CC=CCC1. The van der Waals surface area contributed by atoms with Crippen LogP contribution >= 0.6 is 0 Å². The molecule has 1 aliphatic carbocycles. The number of hydrogen-bond acceptors (Lipinski definition) is 4. The molecule has 1 heterocycles. The Labute approximate surface area is 127 Å². The van der Waals surface area contributed by atoms with Gasteiger partial charge in [0, 0.05) is 12.6 Å². The van der Waals surface area contributed by atoms with Crippen molar-refractivity contribution in [1.29, 1.82) is 0 Å². The van der Waals surface area contributed by atoms with Crippen molar-refractivity contribution >= 4 is 15.7 Å². The van der Waals surface area contributed by atoms with Gasteiger partial charge in [-0.1, -0.05) is 12.2 Å². The Morgan fingerprint density at radius 1 is 1.38 bits per heavy atom. The van der Waals surface area contributed by atoms with Crippen molar-refractivity contribution in [2.75, 3.05) is 25.1 Å². The largest absolute Gasteiger partial charge is 0.351 e. The van der Waals surface area contributed by atoms with Gasteiger partial charge in [-0.25, -0.2) is 8.42 Å². The molecule has 0 aromatic heterocycles. The van der Waals surface area contributed by atoms with Gasteiger partial charge in [0.25, 0.3) is 0 Å². The normalized spacial score (nSPS) is 29.5. The van der Waals surface area contributed by atoms with E-state index in [9.17, 15) is 13.2 Å². The maximum Gasteiger partial charge on any atom is 0.237 e. The van der Waals surface area contributed by atoms with E-state index in [-0.39, 0.29) is 29.5 Å². The Morgan fingerprint density at radius 3 is 2.71 bits per heavy atom. The monoisotopic (exact) mass is 314 g/mol. The Bertz CT molecular complexity index is 501. The second-order valence-corrected chi connectivity index (χ2v) is 8.60. The number of nitrogens with zero attached hydrogens (tertiary/aromatic N) is 1. The fourth-order valence-electron chi connectivity index (χ4n) is 3.02. The minimum absolute atomic E-state index is 0.0639. The highest BCUT2D eigenvalue weighted by atomic mass is 32.2. The van der Waals surface area contributed by atoms with Crippen LogP contribution in [-0.2, 0) is 14.6 Å². The van der Waals surface area contributed by atoms with E-state index in [4.69, 9.17) is 0 Å². The lowest BCUT2D eigenvalue weighted by Gasteiger charge is -2.29. The minimum atomic E-state index is -2.95. The third kappa shape index (κ3) is 4.81. The first-order valence-electron chi connectivity index (χ1n) is 7.73. The van der Waals surface area contributed by atoms with E-state index in [1.807, 2.05) is 14.0 Å². The van der Waals surface area contributed by atoms with Gasteiger partial charge in [0.2, 0.25) is 5.91 Å². The molecule has 1 amide bonds. The van der Waals surface area contributed by atoms with Gasteiger partial charge in [0.1, 0.15) is 0 Å². The number of likely N-dealkylation sites (N-methyl/N-ethyl adjacent to an activating group) is 1. The molecule has 3 atom stereocenters. The summed E-state index contributed by atoms with van der Waals surface area (Å²) in [5.41, 5.74) is 0. The van der Waals surface area contributed by atoms with E-state index in [0.29, 0.717) is 12.3 Å². The van der Waals surface area contributed by atoms with Gasteiger partial charge in [-0.2, -0.15) is 0 Å². The zero-order valence-electron chi connectivity index (χ0n) is 12.9. The number of carbonyl (C=O) groups excluding carboxylic acids is 1. The first kappa shape index (κ1) is 16.5. The van der Waals surface area contributed by atoms with Crippen LogP contribution in [0.1, 0.15) is 32.6 Å². The van der Waals surface area contributed by atoms with Crippen LogP contribution in [0.5, 0.6) is 0 Å². The predicted molar refractivity (Wildman–Crippen MR) is 83.8 cm³/mol. The summed E-state index contributed by atoms with van der Waals surface area (Å²) in [5, 5.41) is 2.88. The molecule has 1 saturated heterocycles. The molecule has 3 unspecified atom stereocenters. The molecule has 0 bridgehead atoms. The second kappa shape index (κ2) is 6.92. The van der Waals surface area contributed by atoms with Crippen LogP contribution in [0.15, 0.2) is 12.2 Å². The van der Waals surface area contributed by atoms with Gasteiger partial charge in [-0.05, 0) is 45.6 Å². The Kier molecular flexibility index (Phi) is 5.43. The highest BCUT2D eigenvalue weighted by Gasteiger charge is 2.31. The molecule has 5 nitrogen and oxygen atoms in total.